The predicted molar refractivity (Wildman–Crippen MR) is 73.8 cm³/mol. The Morgan fingerprint density at radius 2 is 1.73 bits per heavy atom. The van der Waals surface area contributed by atoms with Crippen molar-refractivity contribution in [1.82, 2.24) is 5.32 Å². The van der Waals surface area contributed by atoms with E-state index in [9.17, 15) is 0 Å². The van der Waals surface area contributed by atoms with Gasteiger partial charge in [-0.25, -0.2) is 0 Å². The lowest BCUT2D eigenvalue weighted by atomic mass is 10.0. The van der Waals surface area contributed by atoms with Gasteiger partial charge in [-0.05, 0) is 57.1 Å². The molecular weight excluding hydrogens is 202 g/mol. The largest absolute Gasteiger partial charge is 0.314 e. The second-order valence-electron chi connectivity index (χ2n) is 4.88. The Kier molecular flexibility index (Phi) is 11.0. The zero-order valence-corrected chi connectivity index (χ0v) is 11.8. The minimum atomic E-state index is 0.702. The van der Waals surface area contributed by atoms with Crippen molar-refractivity contribution in [3.8, 4) is 0 Å². The molecule has 0 aliphatic heterocycles. The molecule has 0 aromatic rings. The molecule has 0 fully saturated rings. The van der Waals surface area contributed by atoms with Gasteiger partial charge in [0.05, 0.1) is 0 Å². The molecule has 2 heteroatoms. The number of hydrogen-bond donors (Lipinski definition) is 1. The number of rotatable bonds is 10. The Hall–Kier alpha value is 0.310. The van der Waals surface area contributed by atoms with E-state index in [-0.39, 0.29) is 0 Å². The maximum Gasteiger partial charge on any atom is 0.00388 e. The first-order chi connectivity index (χ1) is 7.16. The molecule has 1 atom stereocenters. The van der Waals surface area contributed by atoms with Crippen LogP contribution in [0.25, 0.3) is 0 Å². The van der Waals surface area contributed by atoms with Crippen molar-refractivity contribution in [3.63, 3.8) is 0 Å². The van der Waals surface area contributed by atoms with Crippen LogP contribution < -0.4 is 5.32 Å². The van der Waals surface area contributed by atoms with Crippen LogP contribution in [0.2, 0.25) is 0 Å². The van der Waals surface area contributed by atoms with Crippen LogP contribution in [0.15, 0.2) is 0 Å². The fourth-order valence-electron chi connectivity index (χ4n) is 1.58. The number of unbranched alkanes of at least 4 members (excludes halogenated alkanes) is 2. The van der Waals surface area contributed by atoms with Gasteiger partial charge in [-0.2, -0.15) is 11.8 Å². The molecule has 0 heterocycles. The summed E-state index contributed by atoms with van der Waals surface area (Å²) < 4.78 is 0. The van der Waals surface area contributed by atoms with Gasteiger partial charge in [0.25, 0.3) is 0 Å². The third-order valence-corrected chi connectivity index (χ3v) is 3.39. The lowest BCUT2D eigenvalue weighted by Gasteiger charge is -2.14. The first-order valence-corrected chi connectivity index (χ1v) is 7.78. The van der Waals surface area contributed by atoms with Crippen molar-refractivity contribution in [3.05, 3.63) is 0 Å². The summed E-state index contributed by atoms with van der Waals surface area (Å²) in [6.45, 7) is 8.11. The summed E-state index contributed by atoms with van der Waals surface area (Å²) in [7, 11) is 0. The second-order valence-corrected chi connectivity index (χ2v) is 5.87. The lowest BCUT2D eigenvalue weighted by Crippen LogP contribution is -2.27. The normalized spacial score (nSPS) is 13.4. The Morgan fingerprint density at radius 3 is 2.33 bits per heavy atom. The molecular formula is C13H29NS. The number of thioether (sulfide) groups is 1. The summed E-state index contributed by atoms with van der Waals surface area (Å²) in [4.78, 5) is 0. The van der Waals surface area contributed by atoms with Crippen molar-refractivity contribution in [1.29, 1.82) is 0 Å². The summed E-state index contributed by atoms with van der Waals surface area (Å²) in [5.41, 5.74) is 0. The maximum absolute atomic E-state index is 3.61. The third kappa shape index (κ3) is 12.2. The lowest BCUT2D eigenvalue weighted by molar-refractivity contribution is 0.445. The van der Waals surface area contributed by atoms with E-state index in [0.717, 1.165) is 5.92 Å². The van der Waals surface area contributed by atoms with Gasteiger partial charge < -0.3 is 5.32 Å². The molecule has 0 aromatic heterocycles. The molecule has 0 aromatic carbocycles. The highest BCUT2D eigenvalue weighted by atomic mass is 32.2. The zero-order valence-electron chi connectivity index (χ0n) is 11.0. The molecule has 0 radical (unpaired) electrons. The van der Waals surface area contributed by atoms with Crippen molar-refractivity contribution < 1.29 is 0 Å². The van der Waals surface area contributed by atoms with Crippen LogP contribution >= 0.6 is 11.8 Å². The van der Waals surface area contributed by atoms with E-state index in [1.807, 2.05) is 11.8 Å². The van der Waals surface area contributed by atoms with Crippen molar-refractivity contribution in [2.75, 3.05) is 18.6 Å². The van der Waals surface area contributed by atoms with E-state index in [1.54, 1.807) is 0 Å². The van der Waals surface area contributed by atoms with Crippen LogP contribution in [-0.2, 0) is 0 Å². The molecule has 0 saturated heterocycles. The summed E-state index contributed by atoms with van der Waals surface area (Å²) >= 11 is 1.96. The smallest absolute Gasteiger partial charge is 0.00388 e. The van der Waals surface area contributed by atoms with Gasteiger partial charge in [0.1, 0.15) is 0 Å². The van der Waals surface area contributed by atoms with Gasteiger partial charge in [0.2, 0.25) is 0 Å². The van der Waals surface area contributed by atoms with Crippen molar-refractivity contribution >= 4 is 11.8 Å². The molecule has 0 saturated carbocycles. The summed E-state index contributed by atoms with van der Waals surface area (Å²) in [5, 5.41) is 3.61. The van der Waals surface area contributed by atoms with Gasteiger partial charge in [-0.1, -0.05) is 20.3 Å². The number of hydrogen-bond acceptors (Lipinski definition) is 2. The number of nitrogens with one attached hydrogen (secondary N) is 1. The minimum Gasteiger partial charge on any atom is -0.314 e. The predicted octanol–water partition coefficient (Wildman–Crippen LogP) is 3.93. The van der Waals surface area contributed by atoms with Gasteiger partial charge in [0, 0.05) is 6.04 Å². The zero-order chi connectivity index (χ0) is 11.5. The average Bonchev–Trinajstić information content (AvgIpc) is 2.20. The topological polar surface area (TPSA) is 12.0 Å². The van der Waals surface area contributed by atoms with Crippen LogP contribution in [0.3, 0.4) is 0 Å². The van der Waals surface area contributed by atoms with Crippen LogP contribution in [0, 0.1) is 5.92 Å². The van der Waals surface area contributed by atoms with Gasteiger partial charge in [0.15, 0.2) is 0 Å². The van der Waals surface area contributed by atoms with E-state index >= 15 is 0 Å². The first-order valence-electron chi connectivity index (χ1n) is 6.39. The van der Waals surface area contributed by atoms with E-state index < -0.39 is 0 Å². The van der Waals surface area contributed by atoms with Crippen LogP contribution in [0.1, 0.15) is 52.9 Å². The quantitative estimate of drug-likeness (QED) is 0.572. The van der Waals surface area contributed by atoms with Crippen molar-refractivity contribution in [2.45, 2.75) is 58.9 Å². The van der Waals surface area contributed by atoms with E-state index in [4.69, 9.17) is 0 Å². The van der Waals surface area contributed by atoms with Crippen LogP contribution in [0.4, 0.5) is 0 Å². The SMILES string of the molecule is CSCCCCCNC(C)CCC(C)C. The highest BCUT2D eigenvalue weighted by Gasteiger charge is 2.02. The van der Waals surface area contributed by atoms with Crippen LogP contribution in [0.5, 0.6) is 0 Å². The molecule has 0 rings (SSSR count). The maximum atomic E-state index is 3.61. The summed E-state index contributed by atoms with van der Waals surface area (Å²) in [6.07, 6.45) is 8.95. The molecule has 1 N–H and O–H groups in total. The molecule has 0 aliphatic rings. The van der Waals surface area contributed by atoms with Crippen molar-refractivity contribution in [2.24, 2.45) is 5.92 Å². The standard InChI is InChI=1S/C13H29NS/c1-12(2)8-9-13(3)14-10-6-5-7-11-15-4/h12-14H,5-11H2,1-4H3. The Bertz CT molecular complexity index is 126. The van der Waals surface area contributed by atoms with E-state index in [1.165, 1.54) is 44.4 Å². The molecule has 92 valence electrons. The fraction of sp³-hybridized carbons (Fsp3) is 1.00. The molecule has 0 amide bonds. The fourth-order valence-corrected chi connectivity index (χ4v) is 2.07. The monoisotopic (exact) mass is 231 g/mol. The molecule has 1 unspecified atom stereocenters. The van der Waals surface area contributed by atoms with E-state index in [0.29, 0.717) is 6.04 Å². The van der Waals surface area contributed by atoms with Crippen LogP contribution in [-0.4, -0.2) is 24.6 Å². The molecule has 0 bridgehead atoms. The van der Waals surface area contributed by atoms with Gasteiger partial charge in [-0.15, -0.1) is 0 Å². The summed E-state index contributed by atoms with van der Waals surface area (Å²) in [6, 6.07) is 0.702. The third-order valence-electron chi connectivity index (χ3n) is 2.70. The highest BCUT2D eigenvalue weighted by Crippen LogP contribution is 2.06. The Labute approximate surface area is 101 Å². The Balaban J connectivity index is 3.13. The minimum absolute atomic E-state index is 0.702. The highest BCUT2D eigenvalue weighted by molar-refractivity contribution is 7.98. The average molecular weight is 231 g/mol. The molecule has 15 heavy (non-hydrogen) atoms. The summed E-state index contributed by atoms with van der Waals surface area (Å²) in [5.74, 6) is 2.17. The Morgan fingerprint density at radius 1 is 1.00 bits per heavy atom. The molecule has 0 spiro atoms. The van der Waals surface area contributed by atoms with Gasteiger partial charge in [-0.3, -0.25) is 0 Å². The first kappa shape index (κ1) is 15.3. The molecule has 0 aliphatic carbocycles. The molecule has 1 nitrogen and oxygen atoms in total. The van der Waals surface area contributed by atoms with Gasteiger partial charge >= 0.3 is 0 Å². The van der Waals surface area contributed by atoms with E-state index in [2.05, 4.69) is 32.3 Å². The second kappa shape index (κ2) is 10.8.